The Bertz CT molecular complexity index is 744. The minimum atomic E-state index is -3.19. The van der Waals surface area contributed by atoms with Crippen LogP contribution in [0.1, 0.15) is 27.8 Å². The second-order valence-electron chi connectivity index (χ2n) is 5.49. The van der Waals surface area contributed by atoms with Crippen LogP contribution in [0.15, 0.2) is 41.3 Å². The van der Waals surface area contributed by atoms with Crippen LogP contribution in [0.2, 0.25) is 0 Å². The van der Waals surface area contributed by atoms with Crippen molar-refractivity contribution in [2.24, 2.45) is 0 Å². The molecule has 0 heterocycles. The van der Waals surface area contributed by atoms with Crippen LogP contribution in [0.5, 0.6) is 0 Å². The van der Waals surface area contributed by atoms with E-state index in [4.69, 9.17) is 0 Å². The van der Waals surface area contributed by atoms with Crippen LogP contribution in [0.3, 0.4) is 0 Å². The molecule has 3 heteroatoms. The fourth-order valence-electron chi connectivity index (χ4n) is 2.46. The second kappa shape index (κ2) is 5.41. The summed E-state index contributed by atoms with van der Waals surface area (Å²) in [6.07, 6.45) is 1.92. The molecule has 2 aromatic carbocycles. The van der Waals surface area contributed by atoms with Gasteiger partial charge in [-0.05, 0) is 49.9 Å². The normalized spacial score (nSPS) is 11.6. The molecule has 2 aromatic rings. The van der Waals surface area contributed by atoms with Gasteiger partial charge in [0.05, 0.1) is 4.90 Å². The van der Waals surface area contributed by atoms with Crippen molar-refractivity contribution in [3.8, 4) is 0 Å². The highest BCUT2D eigenvalue weighted by Crippen LogP contribution is 2.22. The standard InChI is InChI=1S/C17H20O2S/c1-12-5-7-15(14(3)9-12)11-16-10-13(2)6-8-17(16)20(4,18)19/h5-10H,11H2,1-4H3. The molecule has 0 radical (unpaired) electrons. The molecule has 20 heavy (non-hydrogen) atoms. The Hall–Kier alpha value is -1.61. The van der Waals surface area contributed by atoms with Crippen molar-refractivity contribution in [3.05, 3.63) is 64.2 Å². The van der Waals surface area contributed by atoms with E-state index in [1.807, 2.05) is 19.1 Å². The maximum atomic E-state index is 11.9. The molecule has 106 valence electrons. The third kappa shape index (κ3) is 3.28. The van der Waals surface area contributed by atoms with Gasteiger partial charge in [-0.1, -0.05) is 41.5 Å². The summed E-state index contributed by atoms with van der Waals surface area (Å²) in [5.74, 6) is 0. The van der Waals surface area contributed by atoms with Gasteiger partial charge in [-0.15, -0.1) is 0 Å². The summed E-state index contributed by atoms with van der Waals surface area (Å²) in [7, 11) is -3.19. The van der Waals surface area contributed by atoms with E-state index in [1.54, 1.807) is 6.07 Å². The molecule has 0 saturated heterocycles. The molecule has 0 unspecified atom stereocenters. The minimum Gasteiger partial charge on any atom is -0.224 e. The molecular formula is C17H20O2S. The van der Waals surface area contributed by atoms with Crippen molar-refractivity contribution in [2.75, 3.05) is 6.26 Å². The molecule has 2 nitrogen and oxygen atoms in total. The van der Waals surface area contributed by atoms with E-state index in [0.29, 0.717) is 11.3 Å². The molecule has 0 aromatic heterocycles. The largest absolute Gasteiger partial charge is 0.224 e. The molecule has 0 spiro atoms. The van der Waals surface area contributed by atoms with Crippen LogP contribution in [0.4, 0.5) is 0 Å². The molecule has 0 amide bonds. The Labute approximate surface area is 121 Å². The maximum Gasteiger partial charge on any atom is 0.175 e. The lowest BCUT2D eigenvalue weighted by Crippen LogP contribution is -2.04. The first-order valence-electron chi connectivity index (χ1n) is 6.63. The van der Waals surface area contributed by atoms with Crippen LogP contribution in [0.25, 0.3) is 0 Å². The van der Waals surface area contributed by atoms with Gasteiger partial charge in [0.25, 0.3) is 0 Å². The minimum absolute atomic E-state index is 0.433. The van der Waals surface area contributed by atoms with E-state index in [9.17, 15) is 8.42 Å². The van der Waals surface area contributed by atoms with E-state index in [0.717, 1.165) is 11.1 Å². The number of aryl methyl sites for hydroxylation is 3. The van der Waals surface area contributed by atoms with Crippen molar-refractivity contribution in [1.82, 2.24) is 0 Å². The third-order valence-corrected chi connectivity index (χ3v) is 4.69. The van der Waals surface area contributed by atoms with Gasteiger partial charge in [0.1, 0.15) is 0 Å². The fourth-order valence-corrected chi connectivity index (χ4v) is 3.38. The Morgan fingerprint density at radius 1 is 0.850 bits per heavy atom. The smallest absolute Gasteiger partial charge is 0.175 e. The highest BCUT2D eigenvalue weighted by atomic mass is 32.2. The molecule has 0 aliphatic carbocycles. The lowest BCUT2D eigenvalue weighted by Gasteiger charge is -2.12. The number of hydrogen-bond acceptors (Lipinski definition) is 2. The van der Waals surface area contributed by atoms with Gasteiger partial charge in [0, 0.05) is 6.26 Å². The Morgan fingerprint density at radius 2 is 1.45 bits per heavy atom. The predicted molar refractivity (Wildman–Crippen MR) is 83.0 cm³/mol. The van der Waals surface area contributed by atoms with Gasteiger partial charge in [-0.3, -0.25) is 0 Å². The first-order chi connectivity index (χ1) is 9.27. The van der Waals surface area contributed by atoms with E-state index >= 15 is 0 Å². The number of rotatable bonds is 3. The molecule has 2 rings (SSSR count). The van der Waals surface area contributed by atoms with Crippen molar-refractivity contribution in [2.45, 2.75) is 32.1 Å². The summed E-state index contributed by atoms with van der Waals surface area (Å²) in [6, 6.07) is 11.8. The van der Waals surface area contributed by atoms with Crippen molar-refractivity contribution < 1.29 is 8.42 Å². The summed E-state index contributed by atoms with van der Waals surface area (Å²) >= 11 is 0. The van der Waals surface area contributed by atoms with Crippen LogP contribution in [0, 0.1) is 20.8 Å². The van der Waals surface area contributed by atoms with Crippen LogP contribution < -0.4 is 0 Å². The maximum absolute atomic E-state index is 11.9. The lowest BCUT2D eigenvalue weighted by molar-refractivity contribution is 0.601. The zero-order chi connectivity index (χ0) is 14.9. The molecule has 0 atom stereocenters. The molecule has 0 saturated carbocycles. The van der Waals surface area contributed by atoms with Gasteiger partial charge < -0.3 is 0 Å². The molecule has 0 aliphatic rings. The van der Waals surface area contributed by atoms with Crippen LogP contribution >= 0.6 is 0 Å². The van der Waals surface area contributed by atoms with Crippen LogP contribution in [-0.4, -0.2) is 14.7 Å². The van der Waals surface area contributed by atoms with Crippen LogP contribution in [-0.2, 0) is 16.3 Å². The average Bonchev–Trinajstić information content (AvgIpc) is 2.31. The van der Waals surface area contributed by atoms with Gasteiger partial charge in [-0.2, -0.15) is 0 Å². The van der Waals surface area contributed by atoms with Crippen molar-refractivity contribution >= 4 is 9.84 Å². The molecular weight excluding hydrogens is 268 g/mol. The van der Waals surface area contributed by atoms with Gasteiger partial charge in [0.15, 0.2) is 9.84 Å². The van der Waals surface area contributed by atoms with Gasteiger partial charge in [0.2, 0.25) is 0 Å². The quantitative estimate of drug-likeness (QED) is 0.864. The first kappa shape index (κ1) is 14.8. The fraction of sp³-hybridized carbons (Fsp3) is 0.294. The van der Waals surface area contributed by atoms with Crippen molar-refractivity contribution in [3.63, 3.8) is 0 Å². The van der Waals surface area contributed by atoms with Gasteiger partial charge >= 0.3 is 0 Å². The zero-order valence-electron chi connectivity index (χ0n) is 12.4. The second-order valence-corrected chi connectivity index (χ2v) is 7.47. The number of hydrogen-bond donors (Lipinski definition) is 0. The highest BCUT2D eigenvalue weighted by molar-refractivity contribution is 7.90. The van der Waals surface area contributed by atoms with E-state index in [-0.39, 0.29) is 0 Å². The summed E-state index contributed by atoms with van der Waals surface area (Å²) in [5, 5.41) is 0. The predicted octanol–water partition coefficient (Wildman–Crippen LogP) is 3.61. The lowest BCUT2D eigenvalue weighted by atomic mass is 9.98. The summed E-state index contributed by atoms with van der Waals surface area (Å²) < 4.78 is 23.8. The Kier molecular flexibility index (Phi) is 4.00. The van der Waals surface area contributed by atoms with Gasteiger partial charge in [-0.25, -0.2) is 8.42 Å². The van der Waals surface area contributed by atoms with Crippen molar-refractivity contribution in [1.29, 1.82) is 0 Å². The number of sulfone groups is 1. The summed E-state index contributed by atoms with van der Waals surface area (Å²) in [4.78, 5) is 0.433. The molecule has 0 N–H and O–H groups in total. The molecule has 0 bridgehead atoms. The van der Waals surface area contributed by atoms with E-state index in [2.05, 4.69) is 32.0 Å². The number of benzene rings is 2. The SMILES string of the molecule is Cc1ccc(Cc2cc(C)ccc2S(C)(=O)=O)c(C)c1. The zero-order valence-corrected chi connectivity index (χ0v) is 13.2. The average molecular weight is 288 g/mol. The first-order valence-corrected chi connectivity index (χ1v) is 8.52. The summed E-state index contributed by atoms with van der Waals surface area (Å²) in [5.41, 5.74) is 5.55. The highest BCUT2D eigenvalue weighted by Gasteiger charge is 2.14. The molecule has 0 aliphatic heterocycles. The Balaban J connectivity index is 2.50. The van der Waals surface area contributed by atoms with E-state index in [1.165, 1.54) is 22.9 Å². The Morgan fingerprint density at radius 3 is 2.05 bits per heavy atom. The topological polar surface area (TPSA) is 34.1 Å². The monoisotopic (exact) mass is 288 g/mol. The third-order valence-electron chi connectivity index (χ3n) is 3.49. The summed E-state index contributed by atoms with van der Waals surface area (Å²) in [6.45, 7) is 6.11. The molecule has 0 fully saturated rings. The van der Waals surface area contributed by atoms with E-state index < -0.39 is 9.84 Å².